The van der Waals surface area contributed by atoms with Crippen LogP contribution in [0.1, 0.15) is 20.3 Å². The van der Waals surface area contributed by atoms with Crippen molar-refractivity contribution in [2.24, 2.45) is 10.9 Å². The highest BCUT2D eigenvalue weighted by Crippen LogP contribution is 2.26. The molecule has 0 fully saturated rings. The summed E-state index contributed by atoms with van der Waals surface area (Å²) < 4.78 is 35.5. The molecule has 1 atom stereocenters. The molecule has 0 radical (unpaired) electrons. The van der Waals surface area contributed by atoms with Crippen molar-refractivity contribution >= 4 is 16.9 Å². The zero-order valence-electron chi connectivity index (χ0n) is 8.77. The zero-order valence-corrected chi connectivity index (χ0v) is 9.58. The fourth-order valence-corrected chi connectivity index (χ4v) is 2.19. The molecule has 88 valence electrons. The van der Waals surface area contributed by atoms with Gasteiger partial charge in [0.2, 0.25) is 0 Å². The molecule has 6 heteroatoms. The van der Waals surface area contributed by atoms with Crippen LogP contribution >= 0.6 is 11.8 Å². The van der Waals surface area contributed by atoms with Gasteiger partial charge < -0.3 is 5.32 Å². The van der Waals surface area contributed by atoms with Gasteiger partial charge in [-0.05, 0) is 5.92 Å². The second-order valence-corrected chi connectivity index (χ2v) is 5.07. The van der Waals surface area contributed by atoms with Gasteiger partial charge in [-0.25, -0.2) is 0 Å². The minimum Gasteiger partial charge on any atom is -0.365 e. The van der Waals surface area contributed by atoms with E-state index >= 15 is 0 Å². The maximum atomic E-state index is 11.8. The van der Waals surface area contributed by atoms with Crippen LogP contribution in [0.15, 0.2) is 4.99 Å². The van der Waals surface area contributed by atoms with Crippen LogP contribution < -0.4 is 5.32 Å². The Morgan fingerprint density at radius 3 is 2.67 bits per heavy atom. The Balaban J connectivity index is 2.19. The number of rotatable bonds is 3. The summed E-state index contributed by atoms with van der Waals surface area (Å²) in [6, 6.07) is 0. The van der Waals surface area contributed by atoms with Crippen molar-refractivity contribution in [2.75, 3.05) is 13.1 Å². The summed E-state index contributed by atoms with van der Waals surface area (Å²) in [6.45, 7) is 4.80. The van der Waals surface area contributed by atoms with Crippen molar-refractivity contribution in [3.05, 3.63) is 0 Å². The second-order valence-electron chi connectivity index (χ2n) is 3.84. The van der Waals surface area contributed by atoms with Gasteiger partial charge in [-0.1, -0.05) is 25.6 Å². The summed E-state index contributed by atoms with van der Waals surface area (Å²) in [6.07, 6.45) is -4.90. The number of hydrogen-bond acceptors (Lipinski definition) is 3. The van der Waals surface area contributed by atoms with E-state index in [9.17, 15) is 13.2 Å². The van der Waals surface area contributed by atoms with E-state index in [0.717, 1.165) is 0 Å². The highest BCUT2D eigenvalue weighted by atomic mass is 32.2. The van der Waals surface area contributed by atoms with E-state index in [1.807, 2.05) is 0 Å². The van der Waals surface area contributed by atoms with Crippen molar-refractivity contribution in [3.63, 3.8) is 0 Å². The third-order valence-corrected chi connectivity index (χ3v) is 3.60. The number of thioether (sulfide) groups is 1. The summed E-state index contributed by atoms with van der Waals surface area (Å²) in [7, 11) is 0. The first-order valence-electron chi connectivity index (χ1n) is 4.90. The van der Waals surface area contributed by atoms with Gasteiger partial charge in [0.1, 0.15) is 0 Å². The van der Waals surface area contributed by atoms with Crippen molar-refractivity contribution in [1.29, 1.82) is 0 Å². The average molecular weight is 240 g/mol. The molecule has 0 saturated heterocycles. The summed E-state index contributed by atoms with van der Waals surface area (Å²) in [5.74, 6) is 0.501. The number of hydrogen-bond donors (Lipinski definition) is 1. The normalized spacial score (nSPS) is 22.0. The van der Waals surface area contributed by atoms with Gasteiger partial charge >= 0.3 is 6.18 Å². The lowest BCUT2D eigenvalue weighted by Gasteiger charge is -2.12. The molecule has 0 saturated carbocycles. The molecule has 1 aliphatic heterocycles. The number of amidine groups is 1. The standard InChI is InChI=1S/C9H15F3N2S/c1-6(2)7-5-14-8(15-7)13-4-3-9(10,11)12/h6-7H,3-5H2,1-2H3,(H,13,14). The fourth-order valence-electron chi connectivity index (χ4n) is 1.15. The van der Waals surface area contributed by atoms with Crippen LogP contribution in [-0.4, -0.2) is 29.7 Å². The smallest absolute Gasteiger partial charge is 0.365 e. The molecule has 0 spiro atoms. The minimum atomic E-state index is -4.09. The molecule has 0 aromatic heterocycles. The maximum absolute atomic E-state index is 11.8. The first-order chi connectivity index (χ1) is 6.88. The zero-order chi connectivity index (χ0) is 11.5. The fraction of sp³-hybridized carbons (Fsp3) is 0.889. The lowest BCUT2D eigenvalue weighted by Crippen LogP contribution is -2.25. The summed E-state index contributed by atoms with van der Waals surface area (Å²) in [4.78, 5) is 4.16. The van der Waals surface area contributed by atoms with Crippen LogP contribution in [-0.2, 0) is 0 Å². The summed E-state index contributed by atoms with van der Waals surface area (Å²) in [5.41, 5.74) is 0. The van der Waals surface area contributed by atoms with Gasteiger partial charge in [-0.3, -0.25) is 4.99 Å². The quantitative estimate of drug-likeness (QED) is 0.820. The Hall–Kier alpha value is -0.390. The Bertz CT molecular complexity index is 238. The molecule has 0 aromatic carbocycles. The molecule has 1 heterocycles. The number of nitrogens with one attached hydrogen (secondary N) is 1. The first kappa shape index (κ1) is 12.7. The van der Waals surface area contributed by atoms with Gasteiger partial charge in [0, 0.05) is 11.8 Å². The molecule has 0 aliphatic carbocycles. The van der Waals surface area contributed by atoms with Crippen molar-refractivity contribution in [3.8, 4) is 0 Å². The van der Waals surface area contributed by atoms with E-state index in [0.29, 0.717) is 22.9 Å². The molecule has 15 heavy (non-hydrogen) atoms. The molecule has 0 amide bonds. The van der Waals surface area contributed by atoms with E-state index < -0.39 is 12.6 Å². The van der Waals surface area contributed by atoms with Gasteiger partial charge in [0.15, 0.2) is 5.17 Å². The lowest BCUT2D eigenvalue weighted by atomic mass is 10.1. The molecular weight excluding hydrogens is 225 g/mol. The highest BCUT2D eigenvalue weighted by molar-refractivity contribution is 8.14. The lowest BCUT2D eigenvalue weighted by molar-refractivity contribution is -0.132. The van der Waals surface area contributed by atoms with Gasteiger partial charge in [-0.2, -0.15) is 13.2 Å². The van der Waals surface area contributed by atoms with Crippen LogP contribution in [0.25, 0.3) is 0 Å². The predicted octanol–water partition coefficient (Wildman–Crippen LogP) is 2.66. The number of alkyl halides is 3. The van der Waals surface area contributed by atoms with Crippen LogP contribution in [0.5, 0.6) is 0 Å². The molecule has 1 N–H and O–H groups in total. The second kappa shape index (κ2) is 5.09. The highest BCUT2D eigenvalue weighted by Gasteiger charge is 2.27. The largest absolute Gasteiger partial charge is 0.390 e. The number of nitrogens with zero attached hydrogens (tertiary/aromatic N) is 1. The van der Waals surface area contributed by atoms with Crippen molar-refractivity contribution < 1.29 is 13.2 Å². The van der Waals surface area contributed by atoms with Gasteiger partial charge in [0.05, 0.1) is 13.0 Å². The Labute approximate surface area is 91.7 Å². The van der Waals surface area contributed by atoms with E-state index in [2.05, 4.69) is 24.2 Å². The van der Waals surface area contributed by atoms with E-state index in [4.69, 9.17) is 0 Å². The third-order valence-electron chi connectivity index (χ3n) is 2.11. The van der Waals surface area contributed by atoms with E-state index in [-0.39, 0.29) is 6.54 Å². The molecule has 1 aliphatic rings. The molecule has 1 unspecified atom stereocenters. The third kappa shape index (κ3) is 4.77. The van der Waals surface area contributed by atoms with Gasteiger partial charge in [-0.15, -0.1) is 0 Å². The Kier molecular flexibility index (Phi) is 4.31. The van der Waals surface area contributed by atoms with E-state index in [1.54, 1.807) is 11.8 Å². The molecule has 1 rings (SSSR count). The number of halogens is 3. The molecule has 0 aromatic rings. The monoisotopic (exact) mass is 240 g/mol. The SMILES string of the molecule is CC(C)C1CN=C(NCCC(F)(F)F)S1. The van der Waals surface area contributed by atoms with Crippen molar-refractivity contribution in [1.82, 2.24) is 5.32 Å². The molecule has 0 bridgehead atoms. The van der Waals surface area contributed by atoms with Crippen LogP contribution in [0.4, 0.5) is 13.2 Å². The first-order valence-corrected chi connectivity index (χ1v) is 5.78. The van der Waals surface area contributed by atoms with E-state index in [1.165, 1.54) is 0 Å². The van der Waals surface area contributed by atoms with Crippen molar-refractivity contribution in [2.45, 2.75) is 31.7 Å². The maximum Gasteiger partial charge on any atom is 0.390 e. The topological polar surface area (TPSA) is 24.4 Å². The van der Waals surface area contributed by atoms with Crippen LogP contribution in [0.3, 0.4) is 0 Å². The summed E-state index contributed by atoms with van der Waals surface area (Å²) >= 11 is 1.54. The predicted molar refractivity (Wildman–Crippen MR) is 57.2 cm³/mol. The van der Waals surface area contributed by atoms with Crippen LogP contribution in [0.2, 0.25) is 0 Å². The van der Waals surface area contributed by atoms with Crippen LogP contribution in [0, 0.1) is 5.92 Å². The summed E-state index contributed by atoms with van der Waals surface area (Å²) in [5, 5.41) is 3.77. The molecule has 2 nitrogen and oxygen atoms in total. The molecular formula is C9H15F3N2S. The minimum absolute atomic E-state index is 0.0832. The Morgan fingerprint density at radius 2 is 2.20 bits per heavy atom. The van der Waals surface area contributed by atoms with Gasteiger partial charge in [0.25, 0.3) is 0 Å². The number of aliphatic imine (C=N–C) groups is 1. The average Bonchev–Trinajstić information content (AvgIpc) is 2.50. The Morgan fingerprint density at radius 1 is 1.53 bits per heavy atom.